The minimum Gasteiger partial charge on any atom is -0.490 e. The van der Waals surface area contributed by atoms with E-state index in [1.165, 1.54) is 6.33 Å². The van der Waals surface area contributed by atoms with Crippen molar-refractivity contribution in [1.29, 1.82) is 0 Å². The van der Waals surface area contributed by atoms with Crippen LogP contribution in [0.3, 0.4) is 0 Å². The predicted octanol–water partition coefficient (Wildman–Crippen LogP) is 5.60. The average molecular weight is 488 g/mol. The van der Waals surface area contributed by atoms with Gasteiger partial charge in [-0.2, -0.15) is 13.2 Å². The molecule has 7 nitrogen and oxygen atoms in total. The summed E-state index contributed by atoms with van der Waals surface area (Å²) in [6.07, 6.45) is -2.55. The molecular weight excluding hydrogens is 467 g/mol. The lowest BCUT2D eigenvalue weighted by molar-refractivity contribution is -0.141. The van der Waals surface area contributed by atoms with Crippen LogP contribution >= 0.6 is 11.3 Å². The molecule has 5 aromatic rings. The van der Waals surface area contributed by atoms with Crippen molar-refractivity contribution in [2.45, 2.75) is 33.4 Å². The monoisotopic (exact) mass is 487 g/mol. The number of rotatable bonds is 6. The number of ether oxygens (including phenoxy) is 2. The van der Waals surface area contributed by atoms with E-state index in [-0.39, 0.29) is 4.83 Å². The summed E-state index contributed by atoms with van der Waals surface area (Å²) >= 11 is 1.14. The Labute approximate surface area is 196 Å². The summed E-state index contributed by atoms with van der Waals surface area (Å²) < 4.78 is 53.2. The van der Waals surface area contributed by atoms with Crippen molar-refractivity contribution < 1.29 is 22.6 Å². The van der Waals surface area contributed by atoms with Crippen molar-refractivity contribution in [3.8, 4) is 11.5 Å². The van der Waals surface area contributed by atoms with E-state index in [1.54, 1.807) is 11.4 Å². The average Bonchev–Trinajstić information content (AvgIpc) is 3.36. The number of alkyl halides is 3. The normalized spacial score (nSPS) is 12.2. The van der Waals surface area contributed by atoms with Gasteiger partial charge >= 0.3 is 6.18 Å². The fourth-order valence-electron chi connectivity index (χ4n) is 3.86. The molecular formula is C23H20F3N5O2S. The van der Waals surface area contributed by atoms with Gasteiger partial charge in [-0.3, -0.25) is 0 Å². The number of halogens is 3. The highest BCUT2D eigenvalue weighted by Gasteiger charge is 2.33. The third-order valence-electron chi connectivity index (χ3n) is 5.27. The summed E-state index contributed by atoms with van der Waals surface area (Å²) in [6.45, 7) is 6.49. The number of aromatic nitrogens is 5. The van der Waals surface area contributed by atoms with Crippen molar-refractivity contribution in [3.63, 3.8) is 0 Å². The number of nitrogens with zero attached hydrogens (tertiary/aromatic N) is 5. The maximum atomic E-state index is 13.2. The van der Waals surface area contributed by atoms with Crippen LogP contribution in [0.1, 0.15) is 36.5 Å². The molecule has 0 aliphatic carbocycles. The summed E-state index contributed by atoms with van der Waals surface area (Å²) in [7, 11) is 0. The van der Waals surface area contributed by atoms with E-state index in [9.17, 15) is 13.2 Å². The fourth-order valence-corrected chi connectivity index (χ4v) is 5.04. The van der Waals surface area contributed by atoms with Crippen molar-refractivity contribution in [2.75, 3.05) is 13.2 Å². The van der Waals surface area contributed by atoms with Crippen LogP contribution in [0.15, 0.2) is 30.6 Å². The molecule has 11 heteroatoms. The Balaban J connectivity index is 1.57. The van der Waals surface area contributed by atoms with Crippen LogP contribution in [0.4, 0.5) is 13.2 Å². The molecule has 0 spiro atoms. The van der Waals surface area contributed by atoms with Gasteiger partial charge in [-0.1, -0.05) is 6.07 Å². The quantitative estimate of drug-likeness (QED) is 0.310. The first kappa shape index (κ1) is 22.3. The molecule has 4 heterocycles. The molecule has 0 aliphatic rings. The van der Waals surface area contributed by atoms with Crippen molar-refractivity contribution in [1.82, 2.24) is 24.6 Å². The molecule has 0 atom stereocenters. The molecule has 0 amide bonds. The Morgan fingerprint density at radius 1 is 1.03 bits per heavy atom. The Bertz CT molecular complexity index is 1530. The number of fused-ring (bicyclic) bond motifs is 5. The van der Waals surface area contributed by atoms with E-state index < -0.39 is 11.9 Å². The molecule has 0 aliphatic heterocycles. The summed E-state index contributed by atoms with van der Waals surface area (Å²) in [6, 6.07) is 6.74. The summed E-state index contributed by atoms with van der Waals surface area (Å²) in [5.41, 5.74) is 1.60. The van der Waals surface area contributed by atoms with Crippen LogP contribution in [-0.2, 0) is 12.6 Å². The number of hydrogen-bond donors (Lipinski definition) is 0. The van der Waals surface area contributed by atoms with Gasteiger partial charge in [-0.25, -0.2) is 19.5 Å². The zero-order chi connectivity index (χ0) is 24.0. The minimum atomic E-state index is -4.52. The molecule has 4 aromatic heterocycles. The van der Waals surface area contributed by atoms with E-state index in [2.05, 4.69) is 20.1 Å². The highest BCUT2D eigenvalue weighted by Crippen LogP contribution is 2.38. The summed E-state index contributed by atoms with van der Waals surface area (Å²) in [5.74, 6) is 1.88. The lowest BCUT2D eigenvalue weighted by Crippen LogP contribution is -2.07. The second-order valence-electron chi connectivity index (χ2n) is 7.65. The zero-order valence-electron chi connectivity index (χ0n) is 18.6. The topological polar surface area (TPSA) is 74.4 Å². The second kappa shape index (κ2) is 8.39. The van der Waals surface area contributed by atoms with Crippen LogP contribution in [0.2, 0.25) is 0 Å². The summed E-state index contributed by atoms with van der Waals surface area (Å²) in [4.78, 5) is 13.2. The Hall–Kier alpha value is -3.47. The van der Waals surface area contributed by atoms with Crippen molar-refractivity contribution >= 4 is 37.4 Å². The molecule has 0 saturated heterocycles. The molecule has 176 valence electrons. The third-order valence-corrected chi connectivity index (χ3v) is 6.34. The van der Waals surface area contributed by atoms with Gasteiger partial charge < -0.3 is 9.47 Å². The minimum absolute atomic E-state index is 0.278. The van der Waals surface area contributed by atoms with E-state index in [0.29, 0.717) is 63.8 Å². The predicted molar refractivity (Wildman–Crippen MR) is 123 cm³/mol. The van der Waals surface area contributed by atoms with Gasteiger partial charge in [0.1, 0.15) is 21.6 Å². The maximum Gasteiger partial charge on any atom is 0.433 e. The number of benzene rings is 1. The lowest BCUT2D eigenvalue weighted by atomic mass is 10.1. The smallest absolute Gasteiger partial charge is 0.433 e. The van der Waals surface area contributed by atoms with Gasteiger partial charge in [0.15, 0.2) is 23.0 Å². The molecule has 5 rings (SSSR count). The maximum absolute atomic E-state index is 13.2. The van der Waals surface area contributed by atoms with Gasteiger partial charge in [0.25, 0.3) is 0 Å². The number of hydrogen-bond acceptors (Lipinski definition) is 7. The first-order valence-corrected chi connectivity index (χ1v) is 11.5. The standard InChI is InChI=1S/C23H20F3N5O2S/c1-4-32-14-7-6-13(9-15(14)33-5-2)10-17-29-21-20-19(27-11-31(21)30-17)18-12(3)8-16(23(24,25)26)28-22(18)34-20/h6-9,11H,4-5,10H2,1-3H3. The molecule has 0 fully saturated rings. The molecule has 0 saturated carbocycles. The van der Waals surface area contributed by atoms with Crippen LogP contribution in [0, 0.1) is 6.92 Å². The highest BCUT2D eigenvalue weighted by molar-refractivity contribution is 7.26. The Kier molecular flexibility index (Phi) is 5.51. The molecule has 1 aromatic carbocycles. The van der Waals surface area contributed by atoms with E-state index in [1.807, 2.05) is 32.0 Å². The number of aryl methyl sites for hydroxylation is 1. The van der Waals surface area contributed by atoms with Gasteiger partial charge in [0.05, 0.1) is 18.7 Å². The largest absolute Gasteiger partial charge is 0.490 e. The highest BCUT2D eigenvalue weighted by atomic mass is 32.1. The fraction of sp³-hybridized carbons (Fsp3) is 0.304. The number of pyridine rings is 1. The van der Waals surface area contributed by atoms with E-state index in [0.717, 1.165) is 23.0 Å². The first-order valence-electron chi connectivity index (χ1n) is 10.7. The van der Waals surface area contributed by atoms with Gasteiger partial charge in [0, 0.05) is 11.8 Å². The van der Waals surface area contributed by atoms with E-state index >= 15 is 0 Å². The second-order valence-corrected chi connectivity index (χ2v) is 8.65. The van der Waals surface area contributed by atoms with Crippen molar-refractivity contribution in [2.24, 2.45) is 0 Å². The van der Waals surface area contributed by atoms with Gasteiger partial charge in [-0.05, 0) is 50.1 Å². The third kappa shape index (κ3) is 3.89. The van der Waals surface area contributed by atoms with Crippen LogP contribution < -0.4 is 9.47 Å². The van der Waals surface area contributed by atoms with Crippen LogP contribution in [0.5, 0.6) is 11.5 Å². The molecule has 0 N–H and O–H groups in total. The number of thiophene rings is 1. The van der Waals surface area contributed by atoms with E-state index in [4.69, 9.17) is 9.47 Å². The molecule has 34 heavy (non-hydrogen) atoms. The van der Waals surface area contributed by atoms with Crippen molar-refractivity contribution in [3.05, 3.63) is 53.2 Å². The van der Waals surface area contributed by atoms with Crippen LogP contribution in [-0.4, -0.2) is 37.8 Å². The lowest BCUT2D eigenvalue weighted by Gasteiger charge is -2.11. The first-order chi connectivity index (χ1) is 16.3. The van der Waals surface area contributed by atoms with Crippen LogP contribution in [0.25, 0.3) is 26.1 Å². The molecule has 0 bridgehead atoms. The zero-order valence-corrected chi connectivity index (χ0v) is 19.4. The Morgan fingerprint density at radius 3 is 2.53 bits per heavy atom. The summed E-state index contributed by atoms with van der Waals surface area (Å²) in [5, 5.41) is 5.12. The SMILES string of the molecule is CCOc1ccc(Cc2nc3c4sc5nc(C(F)(F)F)cc(C)c5c4ncn3n2)cc1OCC. The van der Waals surface area contributed by atoms with Gasteiger partial charge in [-0.15, -0.1) is 16.4 Å². The molecule has 0 radical (unpaired) electrons. The Morgan fingerprint density at radius 2 is 1.79 bits per heavy atom. The molecule has 0 unspecified atom stereocenters. The van der Waals surface area contributed by atoms with Gasteiger partial charge in [0.2, 0.25) is 0 Å².